The van der Waals surface area contributed by atoms with Crippen molar-refractivity contribution in [2.24, 2.45) is 0 Å². The molecule has 5 nitrogen and oxygen atoms in total. The molecular weight excluding hydrogens is 274 g/mol. The van der Waals surface area contributed by atoms with Crippen molar-refractivity contribution in [3.63, 3.8) is 0 Å². The second-order valence-electron chi connectivity index (χ2n) is 4.70. The Morgan fingerprint density at radius 2 is 2.20 bits per heavy atom. The van der Waals surface area contributed by atoms with Crippen LogP contribution in [0.2, 0.25) is 0 Å². The third kappa shape index (κ3) is 4.26. The van der Waals surface area contributed by atoms with Crippen molar-refractivity contribution < 1.29 is 9.84 Å². The van der Waals surface area contributed by atoms with Crippen molar-refractivity contribution in [3.05, 3.63) is 41.6 Å². The van der Waals surface area contributed by atoms with E-state index in [9.17, 15) is 5.11 Å². The average molecular weight is 293 g/mol. The van der Waals surface area contributed by atoms with Crippen LogP contribution in [0, 0.1) is 6.92 Å². The third-order valence-corrected chi connectivity index (χ3v) is 3.54. The van der Waals surface area contributed by atoms with Crippen molar-refractivity contribution in [3.8, 4) is 5.88 Å². The van der Waals surface area contributed by atoms with Crippen LogP contribution < -0.4 is 10.1 Å². The number of aromatic nitrogens is 2. The minimum Gasteiger partial charge on any atom is -0.473 e. The minimum absolute atomic E-state index is 0.187. The van der Waals surface area contributed by atoms with Gasteiger partial charge in [-0.1, -0.05) is 24.3 Å². The molecule has 1 unspecified atom stereocenters. The van der Waals surface area contributed by atoms with Crippen LogP contribution in [0.25, 0.3) is 0 Å². The smallest absolute Gasteiger partial charge is 0.245 e. The molecule has 1 aromatic heterocycles. The van der Waals surface area contributed by atoms with Crippen LogP contribution in [-0.2, 0) is 0 Å². The molecule has 0 radical (unpaired) electrons. The third-order valence-electron chi connectivity index (χ3n) is 3.08. The SMILES string of the molecule is Cc1ccccc1[C@@H](C)NCC(O)COc1cnsn1. The molecule has 2 atom stereocenters. The number of nitrogens with zero attached hydrogens (tertiary/aromatic N) is 2. The van der Waals surface area contributed by atoms with Gasteiger partial charge in [-0.2, -0.15) is 4.37 Å². The molecule has 0 spiro atoms. The maximum Gasteiger partial charge on any atom is 0.245 e. The molecule has 108 valence electrons. The van der Waals surface area contributed by atoms with E-state index in [2.05, 4.69) is 40.0 Å². The summed E-state index contributed by atoms with van der Waals surface area (Å²) >= 11 is 1.09. The first-order valence-electron chi connectivity index (χ1n) is 6.54. The first-order chi connectivity index (χ1) is 9.66. The van der Waals surface area contributed by atoms with Gasteiger partial charge in [-0.05, 0) is 25.0 Å². The number of ether oxygens (including phenoxy) is 1. The summed E-state index contributed by atoms with van der Waals surface area (Å²) in [6.45, 7) is 4.84. The summed E-state index contributed by atoms with van der Waals surface area (Å²) in [5.41, 5.74) is 2.48. The molecule has 0 aliphatic rings. The van der Waals surface area contributed by atoms with E-state index in [4.69, 9.17) is 4.74 Å². The topological polar surface area (TPSA) is 67.3 Å². The second-order valence-corrected chi connectivity index (χ2v) is 5.25. The van der Waals surface area contributed by atoms with Gasteiger partial charge >= 0.3 is 0 Å². The zero-order valence-corrected chi connectivity index (χ0v) is 12.4. The van der Waals surface area contributed by atoms with Gasteiger partial charge in [0.1, 0.15) is 18.9 Å². The average Bonchev–Trinajstić information content (AvgIpc) is 2.96. The van der Waals surface area contributed by atoms with E-state index in [0.717, 1.165) is 11.7 Å². The first-order valence-corrected chi connectivity index (χ1v) is 7.27. The molecule has 2 rings (SSSR count). The van der Waals surface area contributed by atoms with Gasteiger partial charge in [-0.25, -0.2) is 0 Å². The van der Waals surface area contributed by atoms with E-state index < -0.39 is 6.10 Å². The van der Waals surface area contributed by atoms with E-state index in [1.807, 2.05) is 12.1 Å². The molecule has 0 fully saturated rings. The van der Waals surface area contributed by atoms with Crippen molar-refractivity contribution in [2.45, 2.75) is 26.0 Å². The molecular formula is C14H19N3O2S. The molecule has 6 heteroatoms. The molecule has 0 aliphatic carbocycles. The van der Waals surface area contributed by atoms with E-state index in [1.165, 1.54) is 11.1 Å². The number of aliphatic hydroxyl groups is 1. The fourth-order valence-corrected chi connectivity index (χ4v) is 2.32. The molecule has 1 aromatic carbocycles. The Kier molecular flexibility index (Phi) is 5.46. The lowest BCUT2D eigenvalue weighted by Crippen LogP contribution is -2.33. The first kappa shape index (κ1) is 14.9. The monoisotopic (exact) mass is 293 g/mol. The number of aliphatic hydroxyl groups excluding tert-OH is 1. The lowest BCUT2D eigenvalue weighted by molar-refractivity contribution is 0.102. The summed E-state index contributed by atoms with van der Waals surface area (Å²) in [4.78, 5) is 0. The van der Waals surface area contributed by atoms with Gasteiger partial charge in [0, 0.05) is 12.6 Å². The molecule has 20 heavy (non-hydrogen) atoms. The summed E-state index contributed by atoms with van der Waals surface area (Å²) in [6, 6.07) is 8.41. The maximum atomic E-state index is 9.88. The highest BCUT2D eigenvalue weighted by Crippen LogP contribution is 2.16. The van der Waals surface area contributed by atoms with Crippen molar-refractivity contribution in [2.75, 3.05) is 13.2 Å². The van der Waals surface area contributed by atoms with Gasteiger partial charge in [0.25, 0.3) is 0 Å². The van der Waals surface area contributed by atoms with Crippen LogP contribution in [0.15, 0.2) is 30.5 Å². The van der Waals surface area contributed by atoms with Crippen LogP contribution in [-0.4, -0.2) is 33.1 Å². The zero-order chi connectivity index (χ0) is 14.4. The Hall–Kier alpha value is -1.50. The summed E-state index contributed by atoms with van der Waals surface area (Å²) in [5.74, 6) is 0.459. The molecule has 1 heterocycles. The highest BCUT2D eigenvalue weighted by atomic mass is 32.1. The Morgan fingerprint density at radius 1 is 1.40 bits per heavy atom. The lowest BCUT2D eigenvalue weighted by atomic mass is 10.0. The van der Waals surface area contributed by atoms with Gasteiger partial charge in [0.2, 0.25) is 5.88 Å². The predicted molar refractivity (Wildman–Crippen MR) is 79.0 cm³/mol. The van der Waals surface area contributed by atoms with Crippen LogP contribution in [0.3, 0.4) is 0 Å². The zero-order valence-electron chi connectivity index (χ0n) is 11.6. The summed E-state index contributed by atoms with van der Waals surface area (Å²) < 4.78 is 13.1. The lowest BCUT2D eigenvalue weighted by Gasteiger charge is -2.19. The molecule has 0 saturated carbocycles. The number of rotatable bonds is 7. The van der Waals surface area contributed by atoms with E-state index in [0.29, 0.717) is 12.4 Å². The predicted octanol–water partition coefficient (Wildman–Crippen LogP) is 1.94. The summed E-state index contributed by atoms with van der Waals surface area (Å²) in [7, 11) is 0. The van der Waals surface area contributed by atoms with Crippen LogP contribution in [0.4, 0.5) is 0 Å². The van der Waals surface area contributed by atoms with Gasteiger partial charge in [0.05, 0.1) is 11.7 Å². The van der Waals surface area contributed by atoms with Crippen molar-refractivity contribution >= 4 is 11.7 Å². The molecule has 0 amide bonds. The quantitative estimate of drug-likeness (QED) is 0.816. The van der Waals surface area contributed by atoms with Gasteiger partial charge in [-0.15, -0.1) is 4.37 Å². The van der Waals surface area contributed by atoms with E-state index >= 15 is 0 Å². The number of benzene rings is 1. The Labute approximate surface area is 122 Å². The van der Waals surface area contributed by atoms with Crippen LogP contribution in [0.5, 0.6) is 5.88 Å². The highest BCUT2D eigenvalue weighted by Gasteiger charge is 2.11. The number of hydrogen-bond acceptors (Lipinski definition) is 6. The van der Waals surface area contributed by atoms with Crippen LogP contribution in [0.1, 0.15) is 24.1 Å². The largest absolute Gasteiger partial charge is 0.473 e. The second kappa shape index (κ2) is 7.33. The molecule has 2 N–H and O–H groups in total. The van der Waals surface area contributed by atoms with E-state index in [1.54, 1.807) is 6.20 Å². The fourth-order valence-electron chi connectivity index (χ4n) is 1.96. The van der Waals surface area contributed by atoms with E-state index in [-0.39, 0.29) is 12.6 Å². The maximum absolute atomic E-state index is 9.88. The minimum atomic E-state index is -0.580. The Balaban J connectivity index is 1.75. The number of nitrogens with one attached hydrogen (secondary N) is 1. The fraction of sp³-hybridized carbons (Fsp3) is 0.429. The van der Waals surface area contributed by atoms with Gasteiger partial charge in [-0.3, -0.25) is 0 Å². The number of hydrogen-bond donors (Lipinski definition) is 2. The highest BCUT2D eigenvalue weighted by molar-refractivity contribution is 6.99. The molecule has 0 bridgehead atoms. The van der Waals surface area contributed by atoms with Crippen LogP contribution >= 0.6 is 11.7 Å². The summed E-state index contributed by atoms with van der Waals surface area (Å²) in [6.07, 6.45) is 0.962. The Bertz CT molecular complexity index is 519. The molecule has 2 aromatic rings. The van der Waals surface area contributed by atoms with Gasteiger partial charge < -0.3 is 15.2 Å². The standard InChI is InChI=1S/C14H19N3O2S/c1-10-5-3-4-6-13(10)11(2)15-7-12(18)9-19-14-8-16-20-17-14/h3-6,8,11-12,15,18H,7,9H2,1-2H3/t11-,12?/m1/s1. The molecule has 0 aliphatic heterocycles. The molecule has 0 saturated heterocycles. The number of aryl methyl sites for hydroxylation is 1. The normalized spacial score (nSPS) is 13.9. The van der Waals surface area contributed by atoms with Crippen molar-refractivity contribution in [1.29, 1.82) is 0 Å². The van der Waals surface area contributed by atoms with Crippen molar-refractivity contribution in [1.82, 2.24) is 14.1 Å². The summed E-state index contributed by atoms with van der Waals surface area (Å²) in [5, 5.41) is 13.2. The Morgan fingerprint density at radius 3 is 2.90 bits per heavy atom. The van der Waals surface area contributed by atoms with Gasteiger partial charge in [0.15, 0.2) is 0 Å².